The van der Waals surface area contributed by atoms with Crippen LogP contribution in [-0.2, 0) is 87.4 Å². The molecule has 30 atom stereocenters. The maximum absolute atomic E-state index is 13.6. The third-order valence-corrected chi connectivity index (χ3v) is 19.1. The third kappa shape index (κ3) is 22.7. The highest BCUT2D eigenvalue weighted by Crippen LogP contribution is 2.37. The standard InChI is InChI=1S/C70H100N4O38/c1-30(81)73-46-52(89)60(109-69-58(95)62(50(87)40(23-77)105-69)111-67-56(93)54(91)48(85)38(21-75)103-67)42(25-79)107-65(46)98-16-6-14-71-44(83)28-100-36-12-10-33(11-13-36)34-18-35(64(97)102-27-32-8-4-3-5-9-32)20-37(19-34)101-29-45(84)72-15-7-17-99-66-47(74-31(2)82)53(90)61(43(26-80)108-66)110-70-59(96)63(51(88)41(24-78)106-70)112-68-57(94)55(92)49(86)39(22-76)104-68/h3-5,8-13,18-20,38-43,46-63,65-70,75-80,85-96H,6-7,14-17,21-29H2,1-2H3,(H,71,83)(H,72,84)(H,73,81)(H,74,82)/t38?,39?,40?,41?,42?,43?,46?,47?,48-,49-,50-,51-,52+,53+,54?,55?,56-,57-,58?,59?,60+,61+,62-,63-,65+,66+,67+,68+,69-,70-/m0/s1. The number of carbonyl (C=O) groups excluding carboxylic acids is 5. The number of nitrogens with one attached hydrogen (secondary N) is 4. The van der Waals surface area contributed by atoms with Gasteiger partial charge in [0.2, 0.25) is 11.8 Å². The number of benzene rings is 3. The molecular weight excluding hydrogens is 1500 g/mol. The Balaban J connectivity index is 0.739. The van der Waals surface area contributed by atoms with Crippen molar-refractivity contribution >= 4 is 29.6 Å². The van der Waals surface area contributed by atoms with Crippen molar-refractivity contribution in [2.24, 2.45) is 0 Å². The molecule has 6 heterocycles. The molecule has 6 aliphatic rings. The van der Waals surface area contributed by atoms with E-state index >= 15 is 0 Å². The lowest BCUT2D eigenvalue weighted by Gasteiger charge is -2.48. The minimum atomic E-state index is -2.03. The van der Waals surface area contributed by atoms with Crippen LogP contribution in [0, 0.1) is 0 Å². The fourth-order valence-corrected chi connectivity index (χ4v) is 13.1. The van der Waals surface area contributed by atoms with E-state index < -0.39 is 267 Å². The van der Waals surface area contributed by atoms with Gasteiger partial charge in [0.05, 0.1) is 58.4 Å². The molecule has 0 saturated carbocycles. The van der Waals surface area contributed by atoms with Gasteiger partial charge in [-0.05, 0) is 59.9 Å². The maximum atomic E-state index is 13.6. The Morgan fingerprint density at radius 2 is 0.768 bits per heavy atom. The van der Waals surface area contributed by atoms with Crippen molar-refractivity contribution in [2.45, 2.75) is 217 Å². The average Bonchev–Trinajstić information content (AvgIpc) is 0.782. The van der Waals surface area contributed by atoms with Gasteiger partial charge in [0.15, 0.2) is 51.0 Å². The van der Waals surface area contributed by atoms with Crippen LogP contribution in [0.25, 0.3) is 11.1 Å². The molecule has 12 unspecified atom stereocenters. The van der Waals surface area contributed by atoms with E-state index in [1.165, 1.54) is 6.07 Å². The van der Waals surface area contributed by atoms with E-state index in [1.807, 2.05) is 0 Å². The minimum absolute atomic E-state index is 0.0162. The lowest BCUT2D eigenvalue weighted by Crippen LogP contribution is -2.68. The quantitative estimate of drug-likeness (QED) is 0.0190. The van der Waals surface area contributed by atoms with E-state index in [9.17, 15) is 116 Å². The molecule has 6 aliphatic heterocycles. The summed E-state index contributed by atoms with van der Waals surface area (Å²) in [6.07, 6.45) is -48.7. The number of ether oxygens (including phenoxy) is 15. The molecule has 3 aromatic rings. The van der Waals surface area contributed by atoms with Gasteiger partial charge in [-0.1, -0.05) is 42.5 Å². The molecule has 4 amide bonds. The molecule has 6 fully saturated rings. The summed E-state index contributed by atoms with van der Waals surface area (Å²) < 4.78 is 85.9. The summed E-state index contributed by atoms with van der Waals surface area (Å²) in [5.41, 5.74) is 1.74. The Hall–Kier alpha value is -6.59. The van der Waals surface area contributed by atoms with Crippen LogP contribution in [0.2, 0.25) is 0 Å². The summed E-state index contributed by atoms with van der Waals surface area (Å²) in [5.74, 6) is -2.89. The second-order valence-electron chi connectivity index (χ2n) is 27.2. The second-order valence-corrected chi connectivity index (χ2v) is 27.2. The highest BCUT2D eigenvalue weighted by Gasteiger charge is 2.57. The van der Waals surface area contributed by atoms with Crippen molar-refractivity contribution in [2.75, 3.05) is 79.2 Å². The van der Waals surface area contributed by atoms with Gasteiger partial charge in [-0.3, -0.25) is 19.2 Å². The zero-order chi connectivity index (χ0) is 81.2. The van der Waals surface area contributed by atoms with Crippen LogP contribution in [0.1, 0.15) is 42.6 Å². The lowest BCUT2D eigenvalue weighted by atomic mass is 9.95. The number of esters is 1. The summed E-state index contributed by atoms with van der Waals surface area (Å²) in [6, 6.07) is 16.9. The van der Waals surface area contributed by atoms with E-state index in [-0.39, 0.29) is 62.8 Å². The van der Waals surface area contributed by atoms with Crippen molar-refractivity contribution in [3.05, 3.63) is 83.9 Å². The van der Waals surface area contributed by atoms with Crippen LogP contribution < -0.4 is 30.7 Å². The first-order chi connectivity index (χ1) is 53.6. The van der Waals surface area contributed by atoms with E-state index in [1.54, 1.807) is 66.7 Å². The molecule has 0 aromatic heterocycles. The van der Waals surface area contributed by atoms with Crippen LogP contribution in [0.3, 0.4) is 0 Å². The van der Waals surface area contributed by atoms with Gasteiger partial charge in [0.25, 0.3) is 11.8 Å². The Morgan fingerprint density at radius 3 is 1.18 bits per heavy atom. The highest BCUT2D eigenvalue weighted by molar-refractivity contribution is 5.92. The fraction of sp³-hybridized carbons (Fsp3) is 0.671. The number of aliphatic hydroxyl groups excluding tert-OH is 18. The first-order valence-electron chi connectivity index (χ1n) is 36.0. The number of amides is 4. The SMILES string of the molecule is CC(=O)NC1[C@H](OCCCNC(=O)COc2ccc(-c3cc(OCC(=O)NCCCO[C@@H]4OC(CO)[C@@H](O[C@@H]5OC(CO)[C@H](O)[C@H](O[C@H]6OC(CO)[C@H](O)C(O)[C@@H]6O)C5O)[C@H](O)C4NC(C)=O)cc(C(=O)OCc4ccccc4)c3)cc2)OC(CO)[C@@H](O[C@@H]2OC(CO)[C@H](O)[C@H](O[C@H]3OC(CO)[C@H](O)C(O)[C@@H]3O)C2O)[C@@H]1O. The van der Waals surface area contributed by atoms with Crippen molar-refractivity contribution in [1.29, 1.82) is 0 Å². The van der Waals surface area contributed by atoms with Crippen LogP contribution in [0.4, 0.5) is 0 Å². The first-order valence-corrected chi connectivity index (χ1v) is 36.0. The molecule has 22 N–H and O–H groups in total. The van der Waals surface area contributed by atoms with E-state index in [0.29, 0.717) is 16.7 Å². The second kappa shape index (κ2) is 42.3. The molecule has 6 saturated heterocycles. The van der Waals surface area contributed by atoms with Crippen LogP contribution >= 0.6 is 0 Å². The Labute approximate surface area is 638 Å². The number of hydrogen-bond acceptors (Lipinski definition) is 38. The van der Waals surface area contributed by atoms with Gasteiger partial charge >= 0.3 is 5.97 Å². The summed E-state index contributed by atoms with van der Waals surface area (Å²) in [6.45, 7) is -4.36. The molecule has 0 radical (unpaired) electrons. The summed E-state index contributed by atoms with van der Waals surface area (Å²) >= 11 is 0. The molecule has 0 bridgehead atoms. The van der Waals surface area contributed by atoms with Gasteiger partial charge in [-0.25, -0.2) is 4.79 Å². The number of rotatable bonds is 36. The van der Waals surface area contributed by atoms with Gasteiger partial charge in [-0.2, -0.15) is 0 Å². The molecule has 3 aromatic carbocycles. The fourth-order valence-electron chi connectivity index (χ4n) is 13.1. The average molecular weight is 1610 g/mol. The van der Waals surface area contributed by atoms with Gasteiger partial charge in [0.1, 0.15) is 164 Å². The predicted octanol–water partition coefficient (Wildman–Crippen LogP) is -10.3. The first kappa shape index (κ1) is 89.3. The minimum Gasteiger partial charge on any atom is -0.484 e. The zero-order valence-corrected chi connectivity index (χ0v) is 60.6. The summed E-state index contributed by atoms with van der Waals surface area (Å²) in [5, 5.41) is 201. The van der Waals surface area contributed by atoms with Crippen LogP contribution in [-0.4, -0.2) is 385 Å². The van der Waals surface area contributed by atoms with Crippen LogP contribution in [0.15, 0.2) is 72.8 Å². The molecule has 42 heteroatoms. The predicted molar refractivity (Wildman–Crippen MR) is 367 cm³/mol. The van der Waals surface area contributed by atoms with Gasteiger partial charge < -0.3 is 184 Å². The Kier molecular flexibility index (Phi) is 33.8. The number of carbonyl (C=O) groups is 5. The summed E-state index contributed by atoms with van der Waals surface area (Å²) in [4.78, 5) is 64.7. The number of hydrogen-bond donors (Lipinski definition) is 22. The molecule has 0 spiro atoms. The smallest absolute Gasteiger partial charge is 0.338 e. The topological polar surface area (TPSA) is 636 Å². The van der Waals surface area contributed by atoms with Gasteiger partial charge in [-0.15, -0.1) is 0 Å². The van der Waals surface area contributed by atoms with E-state index in [2.05, 4.69) is 21.3 Å². The van der Waals surface area contributed by atoms with Crippen LogP contribution in [0.5, 0.6) is 11.5 Å². The van der Waals surface area contributed by atoms with Crippen molar-refractivity contribution in [3.8, 4) is 22.6 Å². The zero-order valence-electron chi connectivity index (χ0n) is 60.6. The molecular formula is C70H100N4O38. The number of aliphatic hydroxyl groups is 18. The molecule has 0 aliphatic carbocycles. The van der Waals surface area contributed by atoms with Crippen molar-refractivity contribution in [1.82, 2.24) is 21.3 Å². The molecule has 9 rings (SSSR count). The molecule has 42 nitrogen and oxygen atoms in total. The Bertz CT molecular complexity index is 3430. The third-order valence-electron chi connectivity index (χ3n) is 19.1. The van der Waals surface area contributed by atoms with Gasteiger partial charge in [0, 0.05) is 26.9 Å². The molecule has 112 heavy (non-hydrogen) atoms. The monoisotopic (exact) mass is 1600 g/mol. The van der Waals surface area contributed by atoms with E-state index in [4.69, 9.17) is 71.1 Å². The lowest BCUT2D eigenvalue weighted by molar-refractivity contribution is -0.376. The largest absolute Gasteiger partial charge is 0.484 e. The molecule has 628 valence electrons. The van der Waals surface area contributed by atoms with Crippen molar-refractivity contribution in [3.63, 3.8) is 0 Å². The summed E-state index contributed by atoms with van der Waals surface area (Å²) in [7, 11) is 0. The Morgan fingerprint density at radius 1 is 0.384 bits per heavy atom. The normalized spacial score (nSPS) is 36.2. The van der Waals surface area contributed by atoms with Crippen molar-refractivity contribution < 1.29 is 187 Å². The van der Waals surface area contributed by atoms with E-state index in [0.717, 1.165) is 13.8 Å². The highest BCUT2D eigenvalue weighted by atomic mass is 16.8. The maximum Gasteiger partial charge on any atom is 0.338 e.